The summed E-state index contributed by atoms with van der Waals surface area (Å²) >= 11 is 0. The van der Waals surface area contributed by atoms with E-state index in [2.05, 4.69) is 38.8 Å². The van der Waals surface area contributed by atoms with Gasteiger partial charge in [-0.25, -0.2) is 28.4 Å². The van der Waals surface area contributed by atoms with Gasteiger partial charge in [0.1, 0.15) is 47.9 Å². The number of nitrogens with zero attached hydrogens (tertiary/aromatic N) is 5. The third-order valence-electron chi connectivity index (χ3n) is 7.27. The molecule has 0 spiro atoms. The van der Waals surface area contributed by atoms with Crippen LogP contribution in [0.3, 0.4) is 0 Å². The van der Waals surface area contributed by atoms with Crippen molar-refractivity contribution in [2.75, 3.05) is 18.9 Å². The smallest absolute Gasteiger partial charge is 0.478 e. The van der Waals surface area contributed by atoms with Crippen LogP contribution in [0.4, 0.5) is 5.82 Å². The number of hydrogen-bond acceptors (Lipinski definition) is 18. The lowest BCUT2D eigenvalue weighted by molar-refractivity contribution is -0.767. The van der Waals surface area contributed by atoms with Crippen LogP contribution in [-0.2, 0) is 41.1 Å². The number of nitrogens with two attached hydrogens (primary N) is 2. The van der Waals surface area contributed by atoms with Gasteiger partial charge in [0.2, 0.25) is 0 Å². The fourth-order valence-corrected chi connectivity index (χ4v) is 7.70. The van der Waals surface area contributed by atoms with Crippen molar-refractivity contribution < 1.29 is 85.3 Å². The van der Waals surface area contributed by atoms with Crippen molar-refractivity contribution in [3.63, 3.8) is 0 Å². The number of aliphatic hydroxyl groups excluding tert-OH is 3. The molecule has 1 amide bonds. The molecule has 5 heterocycles. The first-order valence-corrected chi connectivity index (χ1v) is 18.3. The van der Waals surface area contributed by atoms with Crippen molar-refractivity contribution in [2.45, 2.75) is 49.1 Å². The van der Waals surface area contributed by atoms with E-state index in [9.17, 15) is 53.4 Å². The summed E-state index contributed by atoms with van der Waals surface area (Å²) in [7, 11) is -16.7. The number of fused-ring (bicyclic) bond motifs is 1. The minimum Gasteiger partial charge on any atom is -0.756 e. The van der Waals surface area contributed by atoms with Crippen LogP contribution in [-0.4, -0.2) is 105 Å². The highest BCUT2D eigenvalue weighted by molar-refractivity contribution is 7.60. The van der Waals surface area contributed by atoms with Crippen molar-refractivity contribution >= 4 is 46.4 Å². The number of aromatic nitrogens is 5. The van der Waals surface area contributed by atoms with Gasteiger partial charge in [0.05, 0.1) is 19.5 Å². The zero-order valence-electron chi connectivity index (χ0n) is 24.9. The summed E-state index contributed by atoms with van der Waals surface area (Å²) in [6.45, 7) is -2.19. The van der Waals surface area contributed by atoms with Crippen LogP contribution in [0.1, 0.15) is 28.5 Å². The van der Waals surface area contributed by atoms with Gasteiger partial charge in [0, 0.05) is 12.0 Å². The number of aliphatic hydroxyl groups is 3. The first kappa shape index (κ1) is 37.9. The second-order valence-electron chi connectivity index (χ2n) is 10.5. The minimum absolute atomic E-state index is 0.0133. The summed E-state index contributed by atoms with van der Waals surface area (Å²) in [5.41, 5.74) is 10.9. The van der Waals surface area contributed by atoms with Gasteiger partial charge in [-0.2, -0.15) is 4.57 Å². The topological polar surface area (TPSA) is 368 Å². The fourth-order valence-electron chi connectivity index (χ4n) is 5.10. The summed E-state index contributed by atoms with van der Waals surface area (Å²) in [5, 5.41) is 31.8. The number of phosphoric acid groups is 3. The Hall–Kier alpha value is -3.30. The van der Waals surface area contributed by atoms with E-state index in [1.54, 1.807) is 0 Å². The van der Waals surface area contributed by atoms with Gasteiger partial charge >= 0.3 is 15.6 Å². The largest absolute Gasteiger partial charge is 0.756 e. The Morgan fingerprint density at radius 3 is 2.40 bits per heavy atom. The quantitative estimate of drug-likeness (QED) is 0.0474. The second kappa shape index (κ2) is 14.4. The van der Waals surface area contributed by atoms with Gasteiger partial charge in [-0.1, -0.05) is 0 Å². The molecule has 24 nitrogen and oxygen atoms in total. The highest BCUT2D eigenvalue weighted by atomic mass is 31.3. The normalized spacial score (nSPS) is 29.4. The molecule has 272 valence electrons. The maximum absolute atomic E-state index is 12.6. The van der Waals surface area contributed by atoms with E-state index in [0.29, 0.717) is 0 Å². The van der Waals surface area contributed by atoms with Gasteiger partial charge in [0.15, 0.2) is 30.0 Å². The Bertz CT molecular complexity index is 1950. The number of nitrogen functional groups attached to an aromatic ring is 1. The fraction of sp³-hybridized carbons (Fsp3) is 0.435. The maximum atomic E-state index is 12.6. The Balaban J connectivity index is 1.23. The Labute approximate surface area is 279 Å². The van der Waals surface area contributed by atoms with Crippen molar-refractivity contribution in [3.05, 3.63) is 42.2 Å². The van der Waals surface area contributed by atoms with E-state index < -0.39 is 91.7 Å². The van der Waals surface area contributed by atoms with Crippen LogP contribution in [0.25, 0.3) is 11.2 Å². The Kier molecular flexibility index (Phi) is 10.9. The number of primary amides is 1. The summed E-state index contributed by atoms with van der Waals surface area (Å²) in [6.07, 6.45) is -4.86. The van der Waals surface area contributed by atoms with E-state index in [1.807, 2.05) is 0 Å². The summed E-state index contributed by atoms with van der Waals surface area (Å²) in [5.74, 6) is 1.23. The molecule has 50 heavy (non-hydrogen) atoms. The molecular weight excluding hydrogens is 739 g/mol. The lowest BCUT2D eigenvalue weighted by Crippen LogP contribution is -2.49. The zero-order valence-corrected chi connectivity index (χ0v) is 27.6. The predicted molar refractivity (Wildman–Crippen MR) is 156 cm³/mol. The molecule has 10 N–H and O–H groups in total. The first-order valence-electron chi connectivity index (χ1n) is 13.8. The number of phosphoric ester groups is 3. The molecule has 0 radical (unpaired) electrons. The SMILES string of the molecule is C#Cc1c(C(N)=O)ccc[n+]1[C@@H]1O[C@H](COP(=O)([O-])OP(=O)(O)OC[C@H]2O[C@@H](n3cnc4c(N)ncnc43)[C@H](OP(=O)(O)O)[C@@H]2O)[C@@H](O)[C@H]1O. The third kappa shape index (κ3) is 8.09. The van der Waals surface area contributed by atoms with E-state index in [-0.39, 0.29) is 28.2 Å². The van der Waals surface area contributed by atoms with Crippen molar-refractivity contribution in [1.29, 1.82) is 0 Å². The molecule has 0 saturated carbocycles. The minimum atomic E-state index is -5.77. The van der Waals surface area contributed by atoms with Gasteiger partial charge in [-0.3, -0.25) is 23.0 Å². The number of carbonyl (C=O) groups excluding carboxylic acids is 1. The number of hydrogen-bond donors (Lipinski definition) is 8. The molecule has 2 unspecified atom stereocenters. The van der Waals surface area contributed by atoms with Crippen molar-refractivity contribution in [2.24, 2.45) is 5.73 Å². The molecule has 3 aromatic rings. The van der Waals surface area contributed by atoms with Crippen LogP contribution >= 0.6 is 23.5 Å². The molecule has 27 heteroatoms. The van der Waals surface area contributed by atoms with E-state index in [4.69, 9.17) is 27.4 Å². The third-order valence-corrected chi connectivity index (χ3v) is 10.4. The Morgan fingerprint density at radius 2 is 1.74 bits per heavy atom. The number of pyridine rings is 1. The van der Waals surface area contributed by atoms with E-state index >= 15 is 0 Å². The van der Waals surface area contributed by atoms with Crippen molar-refractivity contribution in [1.82, 2.24) is 19.5 Å². The van der Waals surface area contributed by atoms with Gasteiger partial charge in [-0.15, -0.1) is 6.42 Å². The van der Waals surface area contributed by atoms with Gasteiger partial charge in [0.25, 0.3) is 25.7 Å². The first-order chi connectivity index (χ1) is 23.3. The molecule has 0 aliphatic carbocycles. The molecule has 0 aromatic carbocycles. The van der Waals surface area contributed by atoms with E-state index in [0.717, 1.165) is 21.8 Å². The number of imidazole rings is 1. The predicted octanol–water partition coefficient (Wildman–Crippen LogP) is -3.55. The molecule has 5 rings (SSSR count). The van der Waals surface area contributed by atoms with E-state index in [1.165, 1.54) is 18.3 Å². The summed E-state index contributed by atoms with van der Waals surface area (Å²) in [4.78, 5) is 64.8. The summed E-state index contributed by atoms with van der Waals surface area (Å²) < 4.78 is 68.0. The monoisotopic (exact) mass is 767 g/mol. The number of carbonyl (C=O) groups is 1. The highest BCUT2D eigenvalue weighted by Crippen LogP contribution is 2.58. The molecular formula is C23H28N7O17P3. The van der Waals surface area contributed by atoms with Gasteiger partial charge < -0.3 is 60.4 Å². The second-order valence-corrected chi connectivity index (χ2v) is 14.7. The molecule has 0 bridgehead atoms. The number of ether oxygens (including phenoxy) is 2. The van der Waals surface area contributed by atoms with Gasteiger partial charge in [-0.05, 0) is 6.07 Å². The molecule has 2 aliphatic rings. The number of terminal acetylenes is 1. The van der Waals surface area contributed by atoms with Crippen LogP contribution in [0.2, 0.25) is 0 Å². The van der Waals surface area contributed by atoms with Crippen LogP contribution in [0.5, 0.6) is 0 Å². The highest BCUT2D eigenvalue weighted by Gasteiger charge is 2.51. The van der Waals surface area contributed by atoms with Crippen LogP contribution in [0.15, 0.2) is 31.0 Å². The van der Waals surface area contributed by atoms with Crippen LogP contribution in [0, 0.1) is 12.3 Å². The number of anilines is 1. The molecule has 10 atom stereocenters. The maximum Gasteiger partial charge on any atom is 0.478 e. The lowest BCUT2D eigenvalue weighted by Gasteiger charge is -2.26. The standard InChI is InChI=1S/C23H28N7O17P3/c1-2-11-10(20(25)34)4-3-5-29(11)22-17(33)15(31)12(44-22)6-42-49(38,39)47-50(40,41)43-7-13-16(32)18(46-48(35,36)37)23(45-13)30-9-28-14-19(24)26-8-27-21(14)30/h1,3-5,8-9,12-13,15-18,22-23,31-33H,6-7H2,(H7-,24,25,26,27,34,35,36,37,38,39,40,41)/t12-,13-,15-,16-,17-,18-,22-,23-/m1/s1. The Morgan fingerprint density at radius 1 is 1.06 bits per heavy atom. The molecule has 2 aliphatic heterocycles. The number of rotatable bonds is 13. The average Bonchev–Trinajstić information content (AvgIpc) is 3.67. The average molecular weight is 767 g/mol. The molecule has 3 aromatic heterocycles. The molecule has 2 saturated heterocycles. The summed E-state index contributed by atoms with van der Waals surface area (Å²) in [6, 6.07) is 2.64. The lowest BCUT2D eigenvalue weighted by atomic mass is 10.1. The van der Waals surface area contributed by atoms with Crippen LogP contribution < -0.4 is 20.9 Å². The zero-order chi connectivity index (χ0) is 36.8. The number of amides is 1. The molecule has 2 fully saturated rings. The van der Waals surface area contributed by atoms with Crippen molar-refractivity contribution in [3.8, 4) is 12.3 Å².